The first-order valence-electron chi connectivity index (χ1n) is 10.3. The number of carbonyl (C=O) groups excluding carboxylic acids is 2. The Morgan fingerprint density at radius 3 is 2.57 bits per heavy atom. The van der Waals surface area contributed by atoms with Crippen molar-refractivity contribution in [3.8, 4) is 0 Å². The van der Waals surface area contributed by atoms with Crippen LogP contribution in [0.1, 0.15) is 32.3 Å². The first-order chi connectivity index (χ1) is 14.4. The van der Waals surface area contributed by atoms with E-state index in [2.05, 4.69) is 11.6 Å². The maximum atomic E-state index is 12.8. The Bertz CT molecular complexity index is 1090. The molecule has 4 unspecified atom stereocenters. The zero-order valence-corrected chi connectivity index (χ0v) is 17.1. The van der Waals surface area contributed by atoms with Crippen LogP contribution in [0.25, 0.3) is 5.76 Å². The first-order valence-corrected chi connectivity index (χ1v) is 10.3. The molecule has 0 bridgehead atoms. The molecule has 152 valence electrons. The summed E-state index contributed by atoms with van der Waals surface area (Å²) in [6.07, 6.45) is 5.44. The Kier molecular flexibility index (Phi) is 4.35. The van der Waals surface area contributed by atoms with Gasteiger partial charge in [-0.2, -0.15) is 4.99 Å². The maximum Gasteiger partial charge on any atom is 0.344 e. The van der Waals surface area contributed by atoms with Crippen LogP contribution in [0.15, 0.2) is 76.7 Å². The number of rotatable bonds is 5. The van der Waals surface area contributed by atoms with E-state index in [9.17, 15) is 9.59 Å². The molecule has 1 aliphatic heterocycles. The third kappa shape index (κ3) is 3.34. The molecular weight excluding hydrogens is 378 g/mol. The number of hydrogen-bond acceptors (Lipinski definition) is 5. The number of hydrogen-bond donors (Lipinski definition) is 0. The smallest absolute Gasteiger partial charge is 0.344 e. The standard InChI is InChI=1S/C25H23NO4/c1-13-19-12-22(19)24(29-15(3)16-7-5-4-6-8-16)26-23(13)30-25(28)18-9-17-10-21(17)20(11-18)14(2)27/h4-9,11,17,19,21-22H,3,10,12H2,1-2H3. The molecule has 0 spiro atoms. The van der Waals surface area contributed by atoms with E-state index in [0.717, 1.165) is 29.6 Å². The van der Waals surface area contributed by atoms with Gasteiger partial charge in [0.05, 0.1) is 5.57 Å². The van der Waals surface area contributed by atoms with E-state index < -0.39 is 5.97 Å². The average molecular weight is 401 g/mol. The van der Waals surface area contributed by atoms with Crippen molar-refractivity contribution in [1.82, 2.24) is 0 Å². The molecule has 1 heterocycles. The van der Waals surface area contributed by atoms with Gasteiger partial charge in [0.25, 0.3) is 0 Å². The molecular formula is C25H23NO4. The number of allylic oxidation sites excluding steroid dienone is 3. The Morgan fingerprint density at radius 2 is 1.83 bits per heavy atom. The van der Waals surface area contributed by atoms with Crippen molar-refractivity contribution in [2.75, 3.05) is 0 Å². The number of esters is 1. The Hall–Kier alpha value is -3.21. The second-order valence-electron chi connectivity index (χ2n) is 8.45. The van der Waals surface area contributed by atoms with Crippen LogP contribution in [-0.2, 0) is 19.1 Å². The summed E-state index contributed by atoms with van der Waals surface area (Å²) in [7, 11) is 0. The number of aliphatic imine (C=N–C) groups is 1. The molecule has 0 saturated heterocycles. The molecule has 5 nitrogen and oxygen atoms in total. The van der Waals surface area contributed by atoms with Gasteiger partial charge in [-0.15, -0.1) is 0 Å². The number of nitrogens with zero attached hydrogens (tertiary/aromatic N) is 1. The van der Waals surface area contributed by atoms with Crippen LogP contribution >= 0.6 is 0 Å². The van der Waals surface area contributed by atoms with E-state index in [1.54, 1.807) is 13.0 Å². The first kappa shape index (κ1) is 18.8. The van der Waals surface area contributed by atoms with Crippen molar-refractivity contribution in [3.63, 3.8) is 0 Å². The highest BCUT2D eigenvalue weighted by molar-refractivity contribution is 6.01. The molecule has 2 fully saturated rings. The molecule has 0 amide bonds. The normalized spacial score (nSPS) is 28.3. The molecule has 5 rings (SSSR count). The summed E-state index contributed by atoms with van der Waals surface area (Å²) in [6, 6.07) is 9.64. The molecule has 0 aromatic heterocycles. The lowest BCUT2D eigenvalue weighted by molar-refractivity contribution is -0.134. The lowest BCUT2D eigenvalue weighted by Crippen LogP contribution is -2.17. The van der Waals surface area contributed by atoms with Gasteiger partial charge in [0.2, 0.25) is 11.8 Å². The van der Waals surface area contributed by atoms with Crippen molar-refractivity contribution < 1.29 is 19.1 Å². The molecule has 2 saturated carbocycles. The number of ketones is 1. The highest BCUT2D eigenvalue weighted by Crippen LogP contribution is 2.51. The number of fused-ring (bicyclic) bond motifs is 2. The summed E-state index contributed by atoms with van der Waals surface area (Å²) in [4.78, 5) is 29.2. The summed E-state index contributed by atoms with van der Waals surface area (Å²) in [5.74, 6) is 1.92. The Balaban J connectivity index is 1.34. The maximum absolute atomic E-state index is 12.8. The van der Waals surface area contributed by atoms with E-state index >= 15 is 0 Å². The second kappa shape index (κ2) is 6.94. The van der Waals surface area contributed by atoms with Crippen molar-refractivity contribution >= 4 is 23.4 Å². The minimum atomic E-state index is -0.475. The predicted octanol–water partition coefficient (Wildman–Crippen LogP) is 4.59. The Labute approximate surface area is 175 Å². The van der Waals surface area contributed by atoms with E-state index in [4.69, 9.17) is 9.47 Å². The van der Waals surface area contributed by atoms with Crippen LogP contribution < -0.4 is 0 Å². The lowest BCUT2D eigenvalue weighted by atomic mass is 9.97. The van der Waals surface area contributed by atoms with Crippen molar-refractivity contribution in [2.45, 2.75) is 26.7 Å². The number of ether oxygens (including phenoxy) is 2. The minimum absolute atomic E-state index is 0.0166. The topological polar surface area (TPSA) is 65.0 Å². The van der Waals surface area contributed by atoms with Gasteiger partial charge in [-0.05, 0) is 61.7 Å². The number of benzene rings is 1. The molecule has 5 heteroatoms. The number of carbonyl (C=O) groups is 2. The van der Waals surface area contributed by atoms with Gasteiger partial charge in [-0.1, -0.05) is 43.0 Å². The van der Waals surface area contributed by atoms with Crippen molar-refractivity contribution in [2.24, 2.45) is 28.7 Å². The van der Waals surface area contributed by atoms with Gasteiger partial charge in [-0.25, -0.2) is 4.79 Å². The molecule has 0 N–H and O–H groups in total. The van der Waals surface area contributed by atoms with Crippen molar-refractivity contribution in [3.05, 3.63) is 77.2 Å². The molecule has 4 atom stereocenters. The van der Waals surface area contributed by atoms with E-state index in [1.807, 2.05) is 43.3 Å². The summed E-state index contributed by atoms with van der Waals surface area (Å²) >= 11 is 0. The van der Waals surface area contributed by atoms with Crippen LogP contribution in [-0.4, -0.2) is 17.7 Å². The quantitative estimate of drug-likeness (QED) is 0.535. The lowest BCUT2D eigenvalue weighted by Gasteiger charge is -2.18. The van der Waals surface area contributed by atoms with Gasteiger partial charge in [0.15, 0.2) is 5.78 Å². The zero-order chi connectivity index (χ0) is 21.0. The highest BCUT2D eigenvalue weighted by atomic mass is 16.6. The average Bonchev–Trinajstić information content (AvgIpc) is 3.64. The zero-order valence-electron chi connectivity index (χ0n) is 17.1. The van der Waals surface area contributed by atoms with Gasteiger partial charge >= 0.3 is 5.97 Å². The number of Topliss-reactive ketones (excluding diaryl/α,β-unsaturated/α-hetero) is 1. The van der Waals surface area contributed by atoms with Crippen LogP contribution in [0.4, 0.5) is 0 Å². The predicted molar refractivity (Wildman–Crippen MR) is 113 cm³/mol. The van der Waals surface area contributed by atoms with E-state index in [-0.39, 0.29) is 29.5 Å². The molecule has 4 aliphatic rings. The monoisotopic (exact) mass is 401 g/mol. The fourth-order valence-electron chi connectivity index (χ4n) is 4.33. The fourth-order valence-corrected chi connectivity index (χ4v) is 4.33. The molecule has 3 aliphatic carbocycles. The summed E-state index contributed by atoms with van der Waals surface area (Å²) in [5.41, 5.74) is 3.00. The molecule has 1 aromatic carbocycles. The second-order valence-corrected chi connectivity index (χ2v) is 8.45. The summed E-state index contributed by atoms with van der Waals surface area (Å²) in [5, 5.41) is 0. The molecule has 30 heavy (non-hydrogen) atoms. The highest BCUT2D eigenvalue weighted by Gasteiger charge is 2.49. The molecule has 0 radical (unpaired) electrons. The summed E-state index contributed by atoms with van der Waals surface area (Å²) in [6.45, 7) is 7.51. The van der Waals surface area contributed by atoms with Gasteiger partial charge in [0, 0.05) is 11.5 Å². The SMILES string of the molecule is C=C(OC1=NC(OC(=O)C2=CC3CC3C(C(C)=O)=C2)=C(C)C2CC12)c1ccccc1. The minimum Gasteiger partial charge on any atom is -0.443 e. The van der Waals surface area contributed by atoms with Crippen LogP contribution in [0, 0.1) is 23.7 Å². The van der Waals surface area contributed by atoms with Gasteiger partial charge in [0.1, 0.15) is 5.76 Å². The third-order valence-electron chi connectivity index (χ3n) is 6.31. The van der Waals surface area contributed by atoms with Crippen molar-refractivity contribution in [1.29, 1.82) is 0 Å². The van der Waals surface area contributed by atoms with E-state index in [1.165, 1.54) is 0 Å². The third-order valence-corrected chi connectivity index (χ3v) is 6.31. The van der Waals surface area contributed by atoms with Crippen LogP contribution in [0.5, 0.6) is 0 Å². The summed E-state index contributed by atoms with van der Waals surface area (Å²) < 4.78 is 11.6. The van der Waals surface area contributed by atoms with Crippen LogP contribution in [0.3, 0.4) is 0 Å². The van der Waals surface area contributed by atoms with E-state index in [0.29, 0.717) is 23.1 Å². The molecule has 1 aromatic rings. The van der Waals surface area contributed by atoms with Crippen LogP contribution in [0.2, 0.25) is 0 Å². The van der Waals surface area contributed by atoms with Gasteiger partial charge < -0.3 is 9.47 Å². The largest absolute Gasteiger partial charge is 0.443 e. The fraction of sp³-hybridized carbons (Fsp3) is 0.320. The van der Waals surface area contributed by atoms with Gasteiger partial charge in [-0.3, -0.25) is 4.79 Å². The Morgan fingerprint density at radius 1 is 1.07 bits per heavy atom.